The van der Waals surface area contributed by atoms with Crippen molar-refractivity contribution < 1.29 is 9.59 Å². The van der Waals surface area contributed by atoms with Gasteiger partial charge in [0.25, 0.3) is 5.91 Å². The normalized spacial score (nSPS) is 20.6. The maximum atomic E-state index is 12.2. The lowest BCUT2D eigenvalue weighted by atomic mass is 9.89. The van der Waals surface area contributed by atoms with Crippen molar-refractivity contribution in [1.82, 2.24) is 15.5 Å². The summed E-state index contributed by atoms with van der Waals surface area (Å²) in [6, 6.07) is 9.81. The van der Waals surface area contributed by atoms with E-state index in [1.54, 1.807) is 12.1 Å². The predicted octanol–water partition coefficient (Wildman–Crippen LogP) is 2.19. The number of hydrogen-bond acceptors (Lipinski definition) is 3. The molecule has 1 aromatic rings. The highest BCUT2D eigenvalue weighted by molar-refractivity contribution is 5.94. The molecule has 5 nitrogen and oxygen atoms in total. The highest BCUT2D eigenvalue weighted by atomic mass is 16.2. The van der Waals surface area contributed by atoms with Crippen molar-refractivity contribution in [1.29, 1.82) is 0 Å². The third-order valence-corrected chi connectivity index (χ3v) is 4.64. The van der Waals surface area contributed by atoms with Crippen molar-refractivity contribution in [2.24, 2.45) is 0 Å². The summed E-state index contributed by atoms with van der Waals surface area (Å²) < 4.78 is 0. The Morgan fingerprint density at radius 2 is 1.83 bits per heavy atom. The first kappa shape index (κ1) is 18.5. The van der Waals surface area contributed by atoms with Gasteiger partial charge in [-0.2, -0.15) is 0 Å². The minimum absolute atomic E-state index is 0.0858. The van der Waals surface area contributed by atoms with Crippen molar-refractivity contribution in [2.75, 3.05) is 20.6 Å². The molecule has 1 saturated carbocycles. The molecule has 2 amide bonds. The second-order valence-electron chi connectivity index (χ2n) is 6.71. The number of likely N-dealkylation sites (N-methyl/N-ethyl adjacent to an activating group) is 1. The summed E-state index contributed by atoms with van der Waals surface area (Å²) in [5.41, 5.74) is 0.651. The van der Waals surface area contributed by atoms with Crippen LogP contribution in [0, 0.1) is 0 Å². The molecule has 5 heteroatoms. The van der Waals surface area contributed by atoms with E-state index in [-0.39, 0.29) is 17.9 Å². The van der Waals surface area contributed by atoms with Gasteiger partial charge in [0, 0.05) is 30.6 Å². The summed E-state index contributed by atoms with van der Waals surface area (Å²) in [5.74, 6) is -0.00123. The molecular weight excluding hydrogens is 302 g/mol. The summed E-state index contributed by atoms with van der Waals surface area (Å²) >= 11 is 0. The fourth-order valence-electron chi connectivity index (χ4n) is 3.32. The van der Waals surface area contributed by atoms with Gasteiger partial charge in [0.2, 0.25) is 5.91 Å². The largest absolute Gasteiger partial charge is 0.352 e. The average molecular weight is 331 g/mol. The minimum atomic E-state index is -0.0871. The molecule has 0 radical (unpaired) electrons. The fraction of sp³-hybridized carbons (Fsp3) is 0.579. The third-order valence-electron chi connectivity index (χ3n) is 4.64. The number of benzene rings is 1. The second kappa shape index (κ2) is 9.42. The molecule has 0 aromatic heterocycles. The van der Waals surface area contributed by atoms with E-state index in [0.717, 1.165) is 12.8 Å². The number of hydrogen-bond donors (Lipinski definition) is 2. The van der Waals surface area contributed by atoms with Crippen molar-refractivity contribution in [2.45, 2.75) is 50.6 Å². The van der Waals surface area contributed by atoms with E-state index in [2.05, 4.69) is 29.6 Å². The third kappa shape index (κ3) is 5.64. The monoisotopic (exact) mass is 331 g/mol. The lowest BCUT2D eigenvalue weighted by Crippen LogP contribution is -2.51. The van der Waals surface area contributed by atoms with E-state index < -0.39 is 0 Å². The molecular formula is C19H29N3O2. The summed E-state index contributed by atoms with van der Waals surface area (Å²) in [4.78, 5) is 26.3. The maximum absolute atomic E-state index is 12.2. The molecule has 2 N–H and O–H groups in total. The molecule has 0 aliphatic heterocycles. The van der Waals surface area contributed by atoms with E-state index in [1.807, 2.05) is 18.2 Å². The Kier molecular flexibility index (Phi) is 7.25. The van der Waals surface area contributed by atoms with Crippen LogP contribution >= 0.6 is 0 Å². The zero-order chi connectivity index (χ0) is 17.4. The first-order valence-corrected chi connectivity index (χ1v) is 8.87. The van der Waals surface area contributed by atoms with E-state index in [9.17, 15) is 9.59 Å². The molecule has 24 heavy (non-hydrogen) atoms. The fourth-order valence-corrected chi connectivity index (χ4v) is 3.32. The molecule has 0 bridgehead atoms. The zero-order valence-electron chi connectivity index (χ0n) is 14.8. The van der Waals surface area contributed by atoms with E-state index >= 15 is 0 Å². The molecule has 0 spiro atoms. The van der Waals surface area contributed by atoms with Gasteiger partial charge in [-0.25, -0.2) is 0 Å². The number of carbonyl (C=O) groups is 2. The number of rotatable bonds is 7. The van der Waals surface area contributed by atoms with Crippen LogP contribution in [0.4, 0.5) is 0 Å². The zero-order valence-corrected chi connectivity index (χ0v) is 14.8. The van der Waals surface area contributed by atoms with E-state index in [4.69, 9.17) is 0 Å². The molecule has 132 valence electrons. The van der Waals surface area contributed by atoms with Gasteiger partial charge in [-0.3, -0.25) is 9.59 Å². The van der Waals surface area contributed by atoms with Gasteiger partial charge in [-0.05, 0) is 45.5 Å². The Bertz CT molecular complexity index is 531. The Balaban J connectivity index is 1.67. The van der Waals surface area contributed by atoms with E-state index in [0.29, 0.717) is 31.0 Å². The molecule has 2 atom stereocenters. The van der Waals surface area contributed by atoms with Crippen LogP contribution in [-0.2, 0) is 4.79 Å². The van der Waals surface area contributed by atoms with Crippen LogP contribution < -0.4 is 10.6 Å². The molecule has 0 saturated heterocycles. The van der Waals surface area contributed by atoms with Crippen LogP contribution in [0.2, 0.25) is 0 Å². The maximum Gasteiger partial charge on any atom is 0.251 e. The van der Waals surface area contributed by atoms with Crippen molar-refractivity contribution in [3.63, 3.8) is 0 Å². The van der Waals surface area contributed by atoms with Gasteiger partial charge in [0.05, 0.1) is 0 Å². The summed E-state index contributed by atoms with van der Waals surface area (Å²) in [6.45, 7) is 0.517. The van der Waals surface area contributed by atoms with Gasteiger partial charge in [-0.1, -0.05) is 31.0 Å². The number of nitrogens with one attached hydrogen (secondary N) is 2. The minimum Gasteiger partial charge on any atom is -0.352 e. The average Bonchev–Trinajstić information content (AvgIpc) is 2.59. The lowest BCUT2D eigenvalue weighted by Gasteiger charge is -2.36. The number of amides is 2. The molecule has 0 heterocycles. The predicted molar refractivity (Wildman–Crippen MR) is 95.9 cm³/mol. The summed E-state index contributed by atoms with van der Waals surface area (Å²) in [7, 11) is 4.16. The van der Waals surface area contributed by atoms with Crippen LogP contribution in [0.25, 0.3) is 0 Å². The van der Waals surface area contributed by atoms with Gasteiger partial charge >= 0.3 is 0 Å². The first-order chi connectivity index (χ1) is 11.6. The molecule has 2 unspecified atom stereocenters. The van der Waals surface area contributed by atoms with Crippen LogP contribution in [0.5, 0.6) is 0 Å². The van der Waals surface area contributed by atoms with Crippen LogP contribution in [0.3, 0.4) is 0 Å². The Morgan fingerprint density at radius 3 is 2.54 bits per heavy atom. The van der Waals surface area contributed by atoms with Gasteiger partial charge < -0.3 is 15.5 Å². The first-order valence-electron chi connectivity index (χ1n) is 8.87. The van der Waals surface area contributed by atoms with Crippen molar-refractivity contribution in [3.8, 4) is 0 Å². The highest BCUT2D eigenvalue weighted by Gasteiger charge is 2.27. The quantitative estimate of drug-likeness (QED) is 0.753. The highest BCUT2D eigenvalue weighted by Crippen LogP contribution is 2.21. The van der Waals surface area contributed by atoms with Crippen molar-refractivity contribution in [3.05, 3.63) is 35.9 Å². The second-order valence-corrected chi connectivity index (χ2v) is 6.71. The lowest BCUT2D eigenvalue weighted by molar-refractivity contribution is -0.122. The smallest absolute Gasteiger partial charge is 0.251 e. The number of carbonyl (C=O) groups excluding carboxylic acids is 2. The van der Waals surface area contributed by atoms with Gasteiger partial charge in [0.1, 0.15) is 0 Å². The van der Waals surface area contributed by atoms with Gasteiger partial charge in [0.15, 0.2) is 0 Å². The van der Waals surface area contributed by atoms with Crippen LogP contribution in [0.15, 0.2) is 30.3 Å². The summed E-state index contributed by atoms with van der Waals surface area (Å²) in [6.07, 6.45) is 5.73. The van der Waals surface area contributed by atoms with E-state index in [1.165, 1.54) is 12.8 Å². The summed E-state index contributed by atoms with van der Waals surface area (Å²) in [5, 5.41) is 6.03. The Labute approximate surface area is 144 Å². The topological polar surface area (TPSA) is 61.4 Å². The van der Waals surface area contributed by atoms with Crippen LogP contribution in [-0.4, -0.2) is 49.4 Å². The molecule has 1 fully saturated rings. The molecule has 1 aromatic carbocycles. The molecule has 1 aliphatic carbocycles. The number of nitrogens with zero attached hydrogens (tertiary/aromatic N) is 1. The molecule has 2 rings (SSSR count). The Hall–Kier alpha value is -1.88. The van der Waals surface area contributed by atoms with Crippen molar-refractivity contribution >= 4 is 11.8 Å². The van der Waals surface area contributed by atoms with Crippen LogP contribution in [0.1, 0.15) is 48.9 Å². The van der Waals surface area contributed by atoms with Gasteiger partial charge in [-0.15, -0.1) is 0 Å². The Morgan fingerprint density at radius 1 is 1.12 bits per heavy atom. The SMILES string of the molecule is CN(C)C1CCCCC1NC(=O)CCCNC(=O)c1ccccc1. The standard InChI is InChI=1S/C19H29N3O2/c1-22(2)17-12-7-6-11-16(17)21-18(23)13-8-14-20-19(24)15-9-4-3-5-10-15/h3-5,9-10,16-17H,6-8,11-14H2,1-2H3,(H,20,24)(H,21,23). The molecule has 1 aliphatic rings.